The fourth-order valence-corrected chi connectivity index (χ4v) is 5.63. The number of primary amides is 1. The van der Waals surface area contributed by atoms with Crippen molar-refractivity contribution >= 4 is 23.7 Å². The van der Waals surface area contributed by atoms with Crippen molar-refractivity contribution in [3.05, 3.63) is 47.8 Å². The molecular formula is C32H42F3N5O7. The number of hydrogen-bond donors (Lipinski definition) is 1. The highest BCUT2D eigenvalue weighted by atomic mass is 19.4. The maximum atomic E-state index is 12.4. The molecule has 3 amide bonds. The summed E-state index contributed by atoms with van der Waals surface area (Å²) in [6.45, 7) is 7.64. The number of nitrogens with two attached hydrogens (primary N) is 1. The molecule has 4 atom stereocenters. The number of aromatic nitrogens is 2. The summed E-state index contributed by atoms with van der Waals surface area (Å²) in [7, 11) is 0. The van der Waals surface area contributed by atoms with Crippen molar-refractivity contribution in [2.75, 3.05) is 32.9 Å². The van der Waals surface area contributed by atoms with E-state index in [1.165, 1.54) is 11.1 Å². The first-order valence-corrected chi connectivity index (χ1v) is 15.6. The first-order chi connectivity index (χ1) is 22.2. The Labute approximate surface area is 271 Å². The van der Waals surface area contributed by atoms with Crippen LogP contribution in [0.1, 0.15) is 76.6 Å². The lowest BCUT2D eigenvalue weighted by Gasteiger charge is -2.38. The molecule has 0 saturated carbocycles. The molecule has 12 nitrogen and oxygen atoms in total. The predicted octanol–water partition coefficient (Wildman–Crippen LogP) is 4.15. The van der Waals surface area contributed by atoms with Crippen LogP contribution in [-0.4, -0.2) is 82.5 Å². The molecule has 47 heavy (non-hydrogen) atoms. The van der Waals surface area contributed by atoms with Gasteiger partial charge in [0.1, 0.15) is 0 Å². The highest BCUT2D eigenvalue weighted by Gasteiger charge is 2.38. The maximum absolute atomic E-state index is 12.4. The Balaban J connectivity index is 0.000000261. The van der Waals surface area contributed by atoms with Crippen LogP contribution < -0.4 is 15.2 Å². The Morgan fingerprint density at radius 2 is 1.26 bits per heavy atom. The summed E-state index contributed by atoms with van der Waals surface area (Å²) in [5, 5.41) is 0. The molecule has 2 fully saturated rings. The number of carbonyl (C=O) groups is 4. The highest BCUT2D eigenvalue weighted by Crippen LogP contribution is 2.35. The fraction of sp³-hybridized carbons (Fsp3) is 0.562. The molecule has 2 aromatic rings. The third-order valence-corrected chi connectivity index (χ3v) is 7.78. The second kappa shape index (κ2) is 16.9. The van der Waals surface area contributed by atoms with Gasteiger partial charge < -0.3 is 29.7 Å². The second-order valence-electron chi connectivity index (χ2n) is 11.6. The first kappa shape index (κ1) is 37.0. The van der Waals surface area contributed by atoms with E-state index < -0.39 is 42.5 Å². The van der Waals surface area contributed by atoms with Gasteiger partial charge in [-0.25, -0.2) is 14.8 Å². The van der Waals surface area contributed by atoms with Gasteiger partial charge in [-0.05, 0) is 74.6 Å². The van der Waals surface area contributed by atoms with Gasteiger partial charge in [0.2, 0.25) is 11.8 Å². The van der Waals surface area contributed by atoms with Crippen molar-refractivity contribution in [1.82, 2.24) is 19.8 Å². The van der Waals surface area contributed by atoms with Crippen molar-refractivity contribution in [1.29, 1.82) is 0 Å². The summed E-state index contributed by atoms with van der Waals surface area (Å²) < 4.78 is 51.5. The number of rotatable bonds is 7. The van der Waals surface area contributed by atoms with Gasteiger partial charge in [-0.3, -0.25) is 14.4 Å². The second-order valence-corrected chi connectivity index (χ2v) is 11.6. The van der Waals surface area contributed by atoms with E-state index in [1.807, 2.05) is 32.9 Å². The largest absolute Gasteiger partial charge is 0.478 e. The lowest BCUT2D eigenvalue weighted by molar-refractivity contribution is -0.190. The minimum atomic E-state index is -4.68. The molecule has 4 rings (SSSR count). The molecule has 2 aliphatic heterocycles. The highest BCUT2D eigenvalue weighted by molar-refractivity contribution is 6.34. The molecule has 2 aromatic heterocycles. The number of carbonyl (C=O) groups excluding carboxylic acids is 4. The monoisotopic (exact) mass is 665 g/mol. The quantitative estimate of drug-likeness (QED) is 0.339. The molecular weight excluding hydrogens is 623 g/mol. The van der Waals surface area contributed by atoms with E-state index >= 15 is 0 Å². The van der Waals surface area contributed by atoms with Crippen LogP contribution in [0.3, 0.4) is 0 Å². The lowest BCUT2D eigenvalue weighted by atomic mass is 9.90. The van der Waals surface area contributed by atoms with E-state index in [2.05, 4.69) is 21.6 Å². The molecule has 2 aliphatic rings. The van der Waals surface area contributed by atoms with Crippen molar-refractivity contribution in [3.8, 4) is 11.8 Å². The SMILES string of the molecule is CCOc1cc([C@H]2CC[C@H](C)CN2C(=O)C(=O)OCC(F)(F)F)ccn1.CCOc1cc([C@H]2CC[C@H](C)CN2C(=O)C(N)=O)ccn1. The summed E-state index contributed by atoms with van der Waals surface area (Å²) in [6, 6.07) is 6.45. The van der Waals surface area contributed by atoms with Crippen molar-refractivity contribution in [2.45, 2.75) is 71.6 Å². The van der Waals surface area contributed by atoms with Gasteiger partial charge in [0.05, 0.1) is 25.3 Å². The zero-order chi connectivity index (χ0) is 34.7. The minimum Gasteiger partial charge on any atom is -0.478 e. The average Bonchev–Trinajstić information content (AvgIpc) is 3.03. The number of nitrogens with zero attached hydrogens (tertiary/aromatic N) is 4. The van der Waals surface area contributed by atoms with Gasteiger partial charge in [0, 0.05) is 37.6 Å². The normalized spacial score (nSPS) is 21.2. The van der Waals surface area contributed by atoms with Gasteiger partial charge in [-0.1, -0.05) is 13.8 Å². The number of pyridine rings is 2. The molecule has 0 radical (unpaired) electrons. The third-order valence-electron chi connectivity index (χ3n) is 7.78. The van der Waals surface area contributed by atoms with Crippen molar-refractivity contribution in [3.63, 3.8) is 0 Å². The van der Waals surface area contributed by atoms with Crippen LogP contribution in [-0.2, 0) is 23.9 Å². The van der Waals surface area contributed by atoms with Crippen LogP contribution >= 0.6 is 0 Å². The van der Waals surface area contributed by atoms with Gasteiger partial charge in [0.25, 0.3) is 0 Å². The van der Waals surface area contributed by atoms with E-state index in [0.29, 0.717) is 49.4 Å². The molecule has 0 spiro atoms. The number of likely N-dealkylation sites (tertiary alicyclic amines) is 2. The standard InChI is InChI=1S/C17H21F3N2O4.C15H21N3O3/c1-3-25-14-8-12(6-7-21-14)13-5-4-11(2)9-22(13)15(23)16(24)26-10-17(18,19)20;1-3-21-13-8-11(6-7-17-13)12-5-4-10(2)9-18(12)15(20)14(16)19/h6-8,11,13H,3-5,9-10H2,1-2H3;6-8,10,12H,3-5,9H2,1-2H3,(H2,16,19)/t11-,13+;10-,12+/m00/s1. The van der Waals surface area contributed by atoms with Gasteiger partial charge in [0.15, 0.2) is 6.61 Å². The molecule has 258 valence electrons. The van der Waals surface area contributed by atoms with Gasteiger partial charge in [-0.2, -0.15) is 13.2 Å². The molecule has 15 heteroatoms. The minimum absolute atomic E-state index is 0.124. The smallest absolute Gasteiger partial charge is 0.422 e. The van der Waals surface area contributed by atoms with Gasteiger partial charge >= 0.3 is 29.9 Å². The number of ether oxygens (including phenoxy) is 3. The molecule has 0 unspecified atom stereocenters. The molecule has 0 aliphatic carbocycles. The number of halogens is 3. The summed E-state index contributed by atoms with van der Waals surface area (Å²) in [6.07, 6.45) is 1.71. The summed E-state index contributed by atoms with van der Waals surface area (Å²) in [4.78, 5) is 58.5. The number of piperidine rings is 2. The van der Waals surface area contributed by atoms with Crippen LogP contribution in [0.2, 0.25) is 0 Å². The molecule has 0 bridgehead atoms. The molecule has 0 aromatic carbocycles. The lowest BCUT2D eigenvalue weighted by Crippen LogP contribution is -2.46. The van der Waals surface area contributed by atoms with Crippen LogP contribution in [0.25, 0.3) is 0 Å². The van der Waals surface area contributed by atoms with Crippen molar-refractivity contribution < 1.29 is 46.6 Å². The third kappa shape index (κ3) is 10.8. The zero-order valence-electron chi connectivity index (χ0n) is 27.0. The average molecular weight is 666 g/mol. The number of alkyl halides is 3. The Hall–Kier alpha value is -4.43. The molecule has 4 heterocycles. The molecule has 2 saturated heterocycles. The van der Waals surface area contributed by atoms with Crippen LogP contribution in [0.15, 0.2) is 36.7 Å². The summed E-state index contributed by atoms with van der Waals surface area (Å²) in [5.41, 5.74) is 6.80. The van der Waals surface area contributed by atoms with E-state index in [9.17, 15) is 32.3 Å². The number of esters is 1. The van der Waals surface area contributed by atoms with E-state index in [4.69, 9.17) is 15.2 Å². The number of hydrogen-bond acceptors (Lipinski definition) is 9. The Kier molecular flexibility index (Phi) is 13.3. The summed E-state index contributed by atoms with van der Waals surface area (Å²) in [5.74, 6) is -2.71. The van der Waals surface area contributed by atoms with E-state index in [1.54, 1.807) is 23.2 Å². The predicted molar refractivity (Wildman–Crippen MR) is 163 cm³/mol. The fourth-order valence-electron chi connectivity index (χ4n) is 5.63. The van der Waals surface area contributed by atoms with Crippen LogP contribution in [0, 0.1) is 11.8 Å². The maximum Gasteiger partial charge on any atom is 0.422 e. The summed E-state index contributed by atoms with van der Waals surface area (Å²) >= 11 is 0. The Morgan fingerprint density at radius 3 is 1.66 bits per heavy atom. The molecule has 2 N–H and O–H groups in total. The Bertz CT molecular complexity index is 1390. The van der Waals surface area contributed by atoms with Crippen LogP contribution in [0.4, 0.5) is 13.2 Å². The zero-order valence-corrected chi connectivity index (χ0v) is 27.0. The van der Waals surface area contributed by atoms with Crippen molar-refractivity contribution in [2.24, 2.45) is 17.6 Å². The van der Waals surface area contributed by atoms with Crippen LogP contribution in [0.5, 0.6) is 11.8 Å². The first-order valence-electron chi connectivity index (χ1n) is 15.6. The number of amides is 3. The van der Waals surface area contributed by atoms with E-state index in [-0.39, 0.29) is 18.5 Å². The van der Waals surface area contributed by atoms with E-state index in [0.717, 1.165) is 24.8 Å². The Morgan fingerprint density at radius 1 is 0.809 bits per heavy atom. The van der Waals surface area contributed by atoms with Gasteiger partial charge in [-0.15, -0.1) is 0 Å². The topological polar surface area (TPSA) is 154 Å².